The molecule has 2 aliphatic heterocycles. The number of imidazole rings is 1. The maximum Gasteiger partial charge on any atom is 0.276 e. The van der Waals surface area contributed by atoms with Crippen LogP contribution in [0.3, 0.4) is 0 Å². The molecule has 2 fully saturated rings. The summed E-state index contributed by atoms with van der Waals surface area (Å²) in [6, 6.07) is 8.22. The third-order valence-electron chi connectivity index (χ3n) is 5.64. The van der Waals surface area contributed by atoms with Crippen LogP contribution in [0.1, 0.15) is 10.5 Å². The number of nitrogens with zero attached hydrogens (tertiary/aromatic N) is 7. The normalized spacial score (nSPS) is 22.4. The van der Waals surface area contributed by atoms with Crippen molar-refractivity contribution in [1.29, 1.82) is 0 Å². The number of hydrogen-bond acceptors (Lipinski definition) is 5. The number of fused-ring (bicyclic) bond motifs is 2. The Hall–Kier alpha value is -2.90. The van der Waals surface area contributed by atoms with Crippen molar-refractivity contribution < 1.29 is 4.79 Å². The summed E-state index contributed by atoms with van der Waals surface area (Å²) in [5.41, 5.74) is 2.61. The van der Waals surface area contributed by atoms with Crippen LogP contribution in [0.4, 0.5) is 5.95 Å². The van der Waals surface area contributed by atoms with Gasteiger partial charge in [0, 0.05) is 52.1 Å². The highest BCUT2D eigenvalue weighted by atomic mass is 16.2. The average molecular weight is 351 g/mol. The van der Waals surface area contributed by atoms with Gasteiger partial charge in [0.15, 0.2) is 5.69 Å². The summed E-state index contributed by atoms with van der Waals surface area (Å²) >= 11 is 0. The van der Waals surface area contributed by atoms with Gasteiger partial charge in [-0.25, -0.2) is 4.98 Å². The van der Waals surface area contributed by atoms with E-state index in [1.807, 2.05) is 17.0 Å². The molecule has 2 saturated heterocycles. The van der Waals surface area contributed by atoms with Gasteiger partial charge in [-0.05, 0) is 12.1 Å². The van der Waals surface area contributed by atoms with Crippen molar-refractivity contribution in [3.8, 4) is 0 Å². The number of benzene rings is 1. The maximum absolute atomic E-state index is 12.6. The molecule has 2 aromatic heterocycles. The molecule has 0 N–H and O–H groups in total. The summed E-state index contributed by atoms with van der Waals surface area (Å²) < 4.78 is 3.73. The minimum absolute atomic E-state index is 0.0122. The second kappa shape index (κ2) is 5.55. The van der Waals surface area contributed by atoms with E-state index in [-0.39, 0.29) is 5.91 Å². The number of anilines is 1. The third-order valence-corrected chi connectivity index (χ3v) is 5.64. The maximum atomic E-state index is 12.6. The lowest BCUT2D eigenvalue weighted by molar-refractivity contribution is 0.0776. The SMILES string of the molecule is Cn1cc(C(=O)N2CC3CN(c4nc5ccccc5n4C)CC3C2)nn1. The number of aryl methyl sites for hydroxylation is 2. The molecule has 0 aliphatic carbocycles. The van der Waals surface area contributed by atoms with E-state index in [1.54, 1.807) is 17.9 Å². The molecule has 2 unspecified atom stereocenters. The van der Waals surface area contributed by atoms with E-state index in [0.717, 1.165) is 43.2 Å². The van der Waals surface area contributed by atoms with Gasteiger partial charge in [-0.1, -0.05) is 17.3 Å². The molecule has 26 heavy (non-hydrogen) atoms. The van der Waals surface area contributed by atoms with Crippen molar-refractivity contribution in [2.45, 2.75) is 0 Å². The fourth-order valence-electron chi connectivity index (χ4n) is 4.35. The van der Waals surface area contributed by atoms with Crippen molar-refractivity contribution in [2.75, 3.05) is 31.1 Å². The average Bonchev–Trinajstić information content (AvgIpc) is 3.37. The van der Waals surface area contributed by atoms with Crippen molar-refractivity contribution in [3.63, 3.8) is 0 Å². The molecule has 1 aromatic carbocycles. The minimum Gasteiger partial charge on any atom is -0.342 e. The van der Waals surface area contributed by atoms with Crippen molar-refractivity contribution in [1.82, 2.24) is 29.4 Å². The topological polar surface area (TPSA) is 72.1 Å². The van der Waals surface area contributed by atoms with Crippen molar-refractivity contribution in [3.05, 3.63) is 36.2 Å². The number of carbonyl (C=O) groups excluding carboxylic acids is 1. The molecule has 1 amide bonds. The van der Waals surface area contributed by atoms with Gasteiger partial charge in [-0.15, -0.1) is 5.10 Å². The van der Waals surface area contributed by atoms with E-state index in [4.69, 9.17) is 4.98 Å². The minimum atomic E-state index is -0.0122. The summed E-state index contributed by atoms with van der Waals surface area (Å²) in [7, 11) is 3.85. The molecule has 2 aliphatic rings. The van der Waals surface area contributed by atoms with Crippen LogP contribution in [-0.4, -0.2) is 61.5 Å². The number of carbonyl (C=O) groups is 1. The summed E-state index contributed by atoms with van der Waals surface area (Å²) in [6.45, 7) is 3.43. The molecule has 0 saturated carbocycles. The molecule has 8 heteroatoms. The van der Waals surface area contributed by atoms with E-state index < -0.39 is 0 Å². The lowest BCUT2D eigenvalue weighted by Crippen LogP contribution is -2.34. The first-order valence-corrected chi connectivity index (χ1v) is 8.92. The summed E-state index contributed by atoms with van der Waals surface area (Å²) in [4.78, 5) is 21.7. The van der Waals surface area contributed by atoms with E-state index in [0.29, 0.717) is 17.5 Å². The summed E-state index contributed by atoms with van der Waals surface area (Å²) in [6.07, 6.45) is 1.68. The van der Waals surface area contributed by atoms with E-state index in [2.05, 4.69) is 39.0 Å². The second-order valence-corrected chi connectivity index (χ2v) is 7.37. The number of rotatable bonds is 2. The van der Waals surface area contributed by atoms with E-state index in [1.165, 1.54) is 0 Å². The smallest absolute Gasteiger partial charge is 0.276 e. The lowest BCUT2D eigenvalue weighted by Gasteiger charge is -2.22. The van der Waals surface area contributed by atoms with Crippen LogP contribution in [0.25, 0.3) is 11.0 Å². The van der Waals surface area contributed by atoms with Gasteiger partial charge >= 0.3 is 0 Å². The van der Waals surface area contributed by atoms with Crippen LogP contribution < -0.4 is 4.90 Å². The van der Waals surface area contributed by atoms with Gasteiger partial charge in [0.1, 0.15) is 0 Å². The van der Waals surface area contributed by atoms with Crippen LogP contribution in [0.15, 0.2) is 30.5 Å². The first-order valence-electron chi connectivity index (χ1n) is 8.92. The summed E-state index contributed by atoms with van der Waals surface area (Å²) in [5.74, 6) is 1.97. The van der Waals surface area contributed by atoms with Crippen LogP contribution in [0.2, 0.25) is 0 Å². The molecule has 4 heterocycles. The first kappa shape index (κ1) is 15.4. The Kier molecular flexibility index (Phi) is 3.28. The molecule has 0 spiro atoms. The molecule has 2 atom stereocenters. The third kappa shape index (κ3) is 2.28. The highest BCUT2D eigenvalue weighted by Gasteiger charge is 2.43. The largest absolute Gasteiger partial charge is 0.342 e. The Morgan fingerprint density at radius 1 is 1.08 bits per heavy atom. The van der Waals surface area contributed by atoms with Gasteiger partial charge in [0.05, 0.1) is 17.2 Å². The zero-order valence-corrected chi connectivity index (χ0v) is 14.9. The lowest BCUT2D eigenvalue weighted by atomic mass is 10.0. The van der Waals surface area contributed by atoms with Crippen molar-refractivity contribution >= 4 is 22.9 Å². The molecule has 0 radical (unpaired) electrons. The molecular weight excluding hydrogens is 330 g/mol. The Bertz CT molecular complexity index is 977. The molecule has 134 valence electrons. The predicted molar refractivity (Wildman–Crippen MR) is 96.8 cm³/mol. The second-order valence-electron chi connectivity index (χ2n) is 7.37. The molecule has 3 aromatic rings. The number of para-hydroxylation sites is 2. The van der Waals surface area contributed by atoms with Gasteiger partial charge in [0.25, 0.3) is 5.91 Å². The Balaban J connectivity index is 1.32. The fourth-order valence-corrected chi connectivity index (χ4v) is 4.35. The number of aromatic nitrogens is 5. The predicted octanol–water partition coefficient (Wildman–Crippen LogP) is 0.910. The number of hydrogen-bond donors (Lipinski definition) is 0. The monoisotopic (exact) mass is 351 g/mol. The Labute approximate surface area is 151 Å². The van der Waals surface area contributed by atoms with E-state index >= 15 is 0 Å². The van der Waals surface area contributed by atoms with Crippen LogP contribution in [0.5, 0.6) is 0 Å². The highest BCUT2D eigenvalue weighted by molar-refractivity contribution is 5.92. The molecule has 0 bridgehead atoms. The van der Waals surface area contributed by atoms with Gasteiger partial charge in [0.2, 0.25) is 5.95 Å². The quantitative estimate of drug-likeness (QED) is 0.686. The summed E-state index contributed by atoms with van der Waals surface area (Å²) in [5, 5.41) is 7.81. The van der Waals surface area contributed by atoms with Crippen LogP contribution in [0, 0.1) is 11.8 Å². The first-order chi connectivity index (χ1) is 12.6. The molecule has 8 nitrogen and oxygen atoms in total. The Morgan fingerprint density at radius 3 is 2.46 bits per heavy atom. The van der Waals surface area contributed by atoms with Gasteiger partial charge < -0.3 is 14.4 Å². The fraction of sp³-hybridized carbons (Fsp3) is 0.444. The highest BCUT2D eigenvalue weighted by Crippen LogP contribution is 2.34. The zero-order chi connectivity index (χ0) is 17.8. The van der Waals surface area contributed by atoms with Crippen molar-refractivity contribution in [2.24, 2.45) is 25.9 Å². The molecular formula is C18H21N7O. The standard InChI is InChI=1S/C18H21N7O/c1-22-11-15(20-21-22)17(26)24-7-12-9-25(10-13(12)8-24)18-19-14-5-3-4-6-16(14)23(18)2/h3-6,11-13H,7-10H2,1-2H3. The van der Waals surface area contributed by atoms with Crippen LogP contribution in [-0.2, 0) is 14.1 Å². The Morgan fingerprint density at radius 2 is 1.81 bits per heavy atom. The number of likely N-dealkylation sites (tertiary alicyclic amines) is 1. The molecule has 5 rings (SSSR count). The van der Waals surface area contributed by atoms with E-state index in [9.17, 15) is 4.79 Å². The zero-order valence-electron chi connectivity index (χ0n) is 14.9. The van der Waals surface area contributed by atoms with Crippen LogP contribution >= 0.6 is 0 Å². The number of amides is 1. The van der Waals surface area contributed by atoms with Gasteiger partial charge in [-0.3, -0.25) is 9.48 Å². The van der Waals surface area contributed by atoms with Gasteiger partial charge in [-0.2, -0.15) is 0 Å².